The van der Waals surface area contributed by atoms with Crippen LogP contribution >= 0.6 is 0 Å². The molecule has 9 nitrogen and oxygen atoms in total. The van der Waals surface area contributed by atoms with Gasteiger partial charge >= 0.3 is 6.03 Å². The molecule has 1 aliphatic heterocycles. The zero-order valence-corrected chi connectivity index (χ0v) is 15.6. The fraction of sp³-hybridized carbons (Fsp3) is 0.150. The van der Waals surface area contributed by atoms with Crippen LogP contribution in [0.3, 0.4) is 0 Å². The largest absolute Gasteiger partial charge is 0.326 e. The Labute approximate surface area is 170 Å². The van der Waals surface area contributed by atoms with E-state index in [4.69, 9.17) is 0 Å². The second kappa shape index (κ2) is 8.11. The van der Waals surface area contributed by atoms with Gasteiger partial charge in [-0.3, -0.25) is 19.6 Å². The molecule has 10 heteroatoms. The number of aromatic nitrogens is 3. The van der Waals surface area contributed by atoms with E-state index in [0.29, 0.717) is 17.1 Å². The van der Waals surface area contributed by atoms with Crippen molar-refractivity contribution in [3.63, 3.8) is 0 Å². The molecular formula is C20H17FN6O3. The standard InChI is InChI=1S/C20H17FN6O3/c21-14-5-1-3-12(7-14)10-27-19(29)16(25-20(27)30)9-17(28)24-15-6-2-4-13(8-15)18-22-11-23-26-18/h1-8,11,16H,9-10H2,(H,24,28)(H,25,30)(H,22,23,26). The van der Waals surface area contributed by atoms with Crippen LogP contribution in [0.4, 0.5) is 14.9 Å². The van der Waals surface area contributed by atoms with Gasteiger partial charge in [0.05, 0.1) is 13.0 Å². The summed E-state index contributed by atoms with van der Waals surface area (Å²) in [4.78, 5) is 42.1. The van der Waals surface area contributed by atoms with Crippen LogP contribution in [0.2, 0.25) is 0 Å². The smallest absolute Gasteiger partial charge is 0.325 e. The number of nitrogens with one attached hydrogen (secondary N) is 3. The molecule has 1 saturated heterocycles. The highest BCUT2D eigenvalue weighted by atomic mass is 19.1. The lowest BCUT2D eigenvalue weighted by Gasteiger charge is -2.13. The van der Waals surface area contributed by atoms with Crippen molar-refractivity contribution in [3.8, 4) is 11.4 Å². The maximum atomic E-state index is 13.3. The first-order valence-electron chi connectivity index (χ1n) is 9.11. The van der Waals surface area contributed by atoms with Crippen molar-refractivity contribution in [2.24, 2.45) is 0 Å². The summed E-state index contributed by atoms with van der Waals surface area (Å²) in [5.41, 5.74) is 1.73. The van der Waals surface area contributed by atoms with E-state index in [1.54, 1.807) is 30.3 Å². The van der Waals surface area contributed by atoms with Gasteiger partial charge in [-0.1, -0.05) is 24.3 Å². The van der Waals surface area contributed by atoms with E-state index in [1.165, 1.54) is 24.5 Å². The van der Waals surface area contributed by atoms with Crippen molar-refractivity contribution in [2.45, 2.75) is 19.0 Å². The first-order chi connectivity index (χ1) is 14.5. The van der Waals surface area contributed by atoms with Gasteiger partial charge in [0.2, 0.25) is 5.91 Å². The van der Waals surface area contributed by atoms with Crippen LogP contribution in [0.25, 0.3) is 11.4 Å². The number of hydrogen-bond donors (Lipinski definition) is 3. The summed E-state index contributed by atoms with van der Waals surface area (Å²) in [7, 11) is 0. The lowest BCUT2D eigenvalue weighted by atomic mass is 10.1. The van der Waals surface area contributed by atoms with Crippen LogP contribution in [-0.4, -0.2) is 44.0 Å². The quantitative estimate of drug-likeness (QED) is 0.539. The minimum atomic E-state index is -0.983. The lowest BCUT2D eigenvalue weighted by molar-refractivity contribution is -0.130. The van der Waals surface area contributed by atoms with Crippen molar-refractivity contribution in [1.29, 1.82) is 0 Å². The second-order valence-electron chi connectivity index (χ2n) is 6.72. The topological polar surface area (TPSA) is 120 Å². The van der Waals surface area contributed by atoms with Crippen LogP contribution in [0.5, 0.6) is 0 Å². The number of carbonyl (C=O) groups excluding carboxylic acids is 3. The summed E-state index contributed by atoms with van der Waals surface area (Å²) in [6.07, 6.45) is 1.15. The molecule has 1 fully saturated rings. The van der Waals surface area contributed by atoms with Crippen LogP contribution in [0.15, 0.2) is 54.9 Å². The van der Waals surface area contributed by atoms with E-state index in [-0.39, 0.29) is 13.0 Å². The summed E-state index contributed by atoms with van der Waals surface area (Å²) in [5, 5.41) is 11.7. The fourth-order valence-corrected chi connectivity index (χ4v) is 3.17. The lowest BCUT2D eigenvalue weighted by Crippen LogP contribution is -2.34. The molecule has 0 radical (unpaired) electrons. The van der Waals surface area contributed by atoms with E-state index in [2.05, 4.69) is 25.8 Å². The van der Waals surface area contributed by atoms with Gasteiger partial charge in [-0.05, 0) is 29.8 Å². The maximum absolute atomic E-state index is 13.3. The molecule has 0 bridgehead atoms. The Kier molecular flexibility index (Phi) is 5.21. The van der Waals surface area contributed by atoms with Gasteiger partial charge in [0.1, 0.15) is 18.2 Å². The number of anilines is 1. The molecule has 2 aromatic carbocycles. The predicted octanol–water partition coefficient (Wildman–Crippen LogP) is 2.06. The average molecular weight is 408 g/mol. The molecule has 4 rings (SSSR count). The number of imide groups is 1. The van der Waals surface area contributed by atoms with E-state index in [9.17, 15) is 18.8 Å². The highest BCUT2D eigenvalue weighted by Crippen LogP contribution is 2.20. The number of aromatic amines is 1. The normalized spacial score (nSPS) is 15.9. The van der Waals surface area contributed by atoms with Crippen molar-refractivity contribution < 1.29 is 18.8 Å². The summed E-state index contributed by atoms with van der Waals surface area (Å²) < 4.78 is 13.3. The number of urea groups is 1. The van der Waals surface area contributed by atoms with Gasteiger partial charge in [0, 0.05) is 11.3 Å². The summed E-state index contributed by atoms with van der Waals surface area (Å²) in [6.45, 7) is -0.0697. The maximum Gasteiger partial charge on any atom is 0.325 e. The highest BCUT2D eigenvalue weighted by Gasteiger charge is 2.39. The molecule has 1 aromatic heterocycles. The Morgan fingerprint density at radius 2 is 2.00 bits per heavy atom. The molecule has 30 heavy (non-hydrogen) atoms. The molecule has 3 aromatic rings. The van der Waals surface area contributed by atoms with E-state index in [1.807, 2.05) is 0 Å². The van der Waals surface area contributed by atoms with Gasteiger partial charge in [0.25, 0.3) is 5.91 Å². The highest BCUT2D eigenvalue weighted by molar-refractivity contribution is 6.06. The van der Waals surface area contributed by atoms with E-state index >= 15 is 0 Å². The third kappa shape index (κ3) is 4.17. The Hall–Kier alpha value is -4.08. The molecule has 4 amide bonds. The summed E-state index contributed by atoms with van der Waals surface area (Å²) >= 11 is 0. The molecule has 0 aliphatic carbocycles. The molecule has 152 valence electrons. The molecule has 1 aliphatic rings. The fourth-order valence-electron chi connectivity index (χ4n) is 3.17. The van der Waals surface area contributed by atoms with Gasteiger partial charge in [-0.25, -0.2) is 14.2 Å². The second-order valence-corrected chi connectivity index (χ2v) is 6.72. The van der Waals surface area contributed by atoms with Crippen LogP contribution in [0.1, 0.15) is 12.0 Å². The minimum absolute atomic E-state index is 0.0697. The molecule has 2 heterocycles. The van der Waals surface area contributed by atoms with Crippen molar-refractivity contribution in [3.05, 3.63) is 66.2 Å². The third-order valence-corrected chi connectivity index (χ3v) is 4.56. The van der Waals surface area contributed by atoms with Crippen LogP contribution < -0.4 is 10.6 Å². The van der Waals surface area contributed by atoms with Gasteiger partial charge in [-0.2, -0.15) is 5.10 Å². The number of carbonyl (C=O) groups is 3. The number of hydrogen-bond acceptors (Lipinski definition) is 5. The summed E-state index contributed by atoms with van der Waals surface area (Å²) in [6, 6.07) is 11.0. The molecular weight excluding hydrogens is 391 g/mol. The number of rotatable bonds is 6. The Morgan fingerprint density at radius 3 is 2.77 bits per heavy atom. The van der Waals surface area contributed by atoms with Gasteiger partial charge < -0.3 is 10.6 Å². The minimum Gasteiger partial charge on any atom is -0.326 e. The number of H-pyrrole nitrogens is 1. The summed E-state index contributed by atoms with van der Waals surface area (Å²) in [5.74, 6) is -0.869. The first-order valence-corrected chi connectivity index (χ1v) is 9.11. The Morgan fingerprint density at radius 1 is 1.17 bits per heavy atom. The van der Waals surface area contributed by atoms with E-state index in [0.717, 1.165) is 10.5 Å². The van der Waals surface area contributed by atoms with Crippen molar-refractivity contribution in [2.75, 3.05) is 5.32 Å². The third-order valence-electron chi connectivity index (χ3n) is 4.56. The molecule has 1 atom stereocenters. The number of halogens is 1. The first kappa shape index (κ1) is 19.2. The zero-order valence-electron chi connectivity index (χ0n) is 15.6. The molecule has 0 spiro atoms. The number of nitrogens with zero attached hydrogens (tertiary/aromatic N) is 3. The van der Waals surface area contributed by atoms with E-state index < -0.39 is 29.7 Å². The number of benzene rings is 2. The Bertz CT molecular complexity index is 1100. The van der Waals surface area contributed by atoms with Crippen LogP contribution in [-0.2, 0) is 16.1 Å². The number of amides is 4. The average Bonchev–Trinajstić information content (AvgIpc) is 3.33. The predicted molar refractivity (Wildman–Crippen MR) is 104 cm³/mol. The van der Waals surface area contributed by atoms with Gasteiger partial charge in [0.15, 0.2) is 5.82 Å². The zero-order chi connectivity index (χ0) is 21.1. The molecule has 0 saturated carbocycles. The SMILES string of the molecule is O=C(CC1NC(=O)N(Cc2cccc(F)c2)C1=O)Nc1cccc(-c2ncn[nH]2)c1. The molecule has 3 N–H and O–H groups in total. The monoisotopic (exact) mass is 408 g/mol. The van der Waals surface area contributed by atoms with Crippen LogP contribution in [0, 0.1) is 5.82 Å². The molecule has 1 unspecified atom stereocenters. The van der Waals surface area contributed by atoms with Crippen molar-refractivity contribution >= 4 is 23.5 Å². The Balaban J connectivity index is 1.38. The van der Waals surface area contributed by atoms with Gasteiger partial charge in [-0.15, -0.1) is 0 Å². The van der Waals surface area contributed by atoms with Crippen molar-refractivity contribution in [1.82, 2.24) is 25.4 Å².